The van der Waals surface area contributed by atoms with E-state index in [0.717, 1.165) is 41.4 Å². The molecule has 0 spiro atoms. The van der Waals surface area contributed by atoms with E-state index in [-0.39, 0.29) is 5.91 Å². The van der Waals surface area contributed by atoms with Crippen molar-refractivity contribution in [2.45, 2.75) is 40.5 Å². The number of carbonyl (C=O) groups is 1. The van der Waals surface area contributed by atoms with Crippen LogP contribution in [0.1, 0.15) is 48.2 Å². The van der Waals surface area contributed by atoms with E-state index < -0.39 is 0 Å². The zero-order valence-electron chi connectivity index (χ0n) is 12.3. The molecule has 0 radical (unpaired) electrons. The Balaban J connectivity index is 2.00. The molecule has 3 nitrogen and oxygen atoms in total. The highest BCUT2D eigenvalue weighted by Gasteiger charge is 2.31. The molecule has 2 N–H and O–H groups in total. The lowest BCUT2D eigenvalue weighted by atomic mass is 9.75. The van der Waals surface area contributed by atoms with Gasteiger partial charge in [0.25, 0.3) is 5.91 Å². The molecule has 4 heteroatoms. The lowest BCUT2D eigenvalue weighted by Crippen LogP contribution is -2.41. The van der Waals surface area contributed by atoms with Gasteiger partial charge in [-0.3, -0.25) is 4.79 Å². The minimum Gasteiger partial charge on any atom is -0.398 e. The van der Waals surface area contributed by atoms with Crippen LogP contribution in [0.3, 0.4) is 0 Å². The Morgan fingerprint density at radius 2 is 1.95 bits per heavy atom. The highest BCUT2D eigenvalue weighted by molar-refractivity contribution is 7.14. The maximum absolute atomic E-state index is 12.4. The lowest BCUT2D eigenvalue weighted by Gasteiger charge is -2.38. The number of aryl methyl sites for hydroxylation is 1. The second kappa shape index (κ2) is 5.16. The van der Waals surface area contributed by atoms with Gasteiger partial charge in [-0.25, -0.2) is 0 Å². The smallest absolute Gasteiger partial charge is 0.264 e. The number of thiophene rings is 1. The first-order valence-electron chi connectivity index (χ1n) is 6.94. The maximum Gasteiger partial charge on any atom is 0.264 e. The van der Waals surface area contributed by atoms with Crippen LogP contribution in [0.25, 0.3) is 0 Å². The average Bonchev–Trinajstić information content (AvgIpc) is 2.68. The van der Waals surface area contributed by atoms with Gasteiger partial charge in [-0.15, -0.1) is 11.3 Å². The number of rotatable bonds is 1. The Morgan fingerprint density at radius 3 is 2.37 bits per heavy atom. The standard InChI is InChI=1S/C15H24N2OS/c1-10-12(16)9-13(19-10)14(18)17-7-5-11(6-8-17)15(2,3)4/h9,11H,5-8,16H2,1-4H3. The molecule has 1 saturated heterocycles. The van der Waals surface area contributed by atoms with Crippen LogP contribution in [0.2, 0.25) is 0 Å². The summed E-state index contributed by atoms with van der Waals surface area (Å²) in [4.78, 5) is 16.2. The Hall–Kier alpha value is -1.03. The molecular formula is C15H24N2OS. The number of piperidine rings is 1. The van der Waals surface area contributed by atoms with Gasteiger partial charge in [0, 0.05) is 23.7 Å². The molecule has 1 aliphatic heterocycles. The van der Waals surface area contributed by atoms with Crippen molar-refractivity contribution in [2.24, 2.45) is 11.3 Å². The number of amides is 1. The molecule has 1 aliphatic rings. The van der Waals surface area contributed by atoms with E-state index in [0.29, 0.717) is 11.3 Å². The van der Waals surface area contributed by atoms with Crippen LogP contribution in [-0.2, 0) is 0 Å². The number of carbonyl (C=O) groups excluding carboxylic acids is 1. The molecule has 0 atom stereocenters. The fraction of sp³-hybridized carbons (Fsp3) is 0.667. The highest BCUT2D eigenvalue weighted by atomic mass is 32.1. The van der Waals surface area contributed by atoms with Crippen LogP contribution in [0, 0.1) is 18.3 Å². The molecule has 1 fully saturated rings. The van der Waals surface area contributed by atoms with Gasteiger partial charge in [0.1, 0.15) is 0 Å². The summed E-state index contributed by atoms with van der Waals surface area (Å²) in [6, 6.07) is 1.82. The maximum atomic E-state index is 12.4. The molecule has 19 heavy (non-hydrogen) atoms. The van der Waals surface area contributed by atoms with Crippen LogP contribution in [0.15, 0.2) is 6.07 Å². The third-order valence-corrected chi connectivity index (χ3v) is 5.23. The largest absolute Gasteiger partial charge is 0.398 e. The van der Waals surface area contributed by atoms with Crippen LogP contribution < -0.4 is 5.73 Å². The zero-order chi connectivity index (χ0) is 14.2. The van der Waals surface area contributed by atoms with Gasteiger partial charge in [0.15, 0.2) is 0 Å². The first-order chi connectivity index (χ1) is 8.79. The fourth-order valence-electron chi connectivity index (χ4n) is 2.71. The minimum atomic E-state index is 0.150. The summed E-state index contributed by atoms with van der Waals surface area (Å²) >= 11 is 1.51. The van der Waals surface area contributed by atoms with E-state index in [1.807, 2.05) is 17.9 Å². The second-order valence-electron chi connectivity index (χ2n) is 6.55. The number of hydrogen-bond donors (Lipinski definition) is 1. The Kier molecular flexibility index (Phi) is 3.90. The lowest BCUT2D eigenvalue weighted by molar-refractivity contribution is 0.0613. The zero-order valence-corrected chi connectivity index (χ0v) is 13.1. The van der Waals surface area contributed by atoms with E-state index in [4.69, 9.17) is 5.73 Å². The van der Waals surface area contributed by atoms with Crippen LogP contribution in [0.4, 0.5) is 5.69 Å². The molecule has 2 heterocycles. The highest BCUT2D eigenvalue weighted by Crippen LogP contribution is 2.35. The van der Waals surface area contributed by atoms with Gasteiger partial charge in [-0.2, -0.15) is 0 Å². The fourth-order valence-corrected chi connectivity index (χ4v) is 3.61. The third kappa shape index (κ3) is 3.11. The van der Waals surface area contributed by atoms with Gasteiger partial charge in [-0.1, -0.05) is 20.8 Å². The van der Waals surface area contributed by atoms with E-state index in [9.17, 15) is 4.79 Å². The molecule has 0 aliphatic carbocycles. The summed E-state index contributed by atoms with van der Waals surface area (Å²) in [6.07, 6.45) is 2.21. The normalized spacial score (nSPS) is 17.8. The van der Waals surface area contributed by atoms with E-state index in [2.05, 4.69) is 20.8 Å². The molecule has 2 rings (SSSR count). The number of anilines is 1. The molecular weight excluding hydrogens is 256 g/mol. The topological polar surface area (TPSA) is 46.3 Å². The quantitative estimate of drug-likeness (QED) is 0.855. The van der Waals surface area contributed by atoms with Gasteiger partial charge in [-0.05, 0) is 37.2 Å². The van der Waals surface area contributed by atoms with Crippen molar-refractivity contribution >= 4 is 22.9 Å². The van der Waals surface area contributed by atoms with Crippen LogP contribution in [0.5, 0.6) is 0 Å². The number of likely N-dealkylation sites (tertiary alicyclic amines) is 1. The molecule has 0 saturated carbocycles. The molecule has 0 bridgehead atoms. The van der Waals surface area contributed by atoms with E-state index in [1.54, 1.807) is 0 Å². The number of hydrogen-bond acceptors (Lipinski definition) is 3. The first-order valence-corrected chi connectivity index (χ1v) is 7.76. The average molecular weight is 280 g/mol. The predicted octanol–water partition coefficient (Wildman–Crippen LogP) is 3.54. The number of nitrogen functional groups attached to an aromatic ring is 1. The van der Waals surface area contributed by atoms with Crippen molar-refractivity contribution in [1.82, 2.24) is 4.90 Å². The van der Waals surface area contributed by atoms with E-state index in [1.165, 1.54) is 11.3 Å². The SMILES string of the molecule is Cc1sc(C(=O)N2CCC(C(C)(C)C)CC2)cc1N. The van der Waals surface area contributed by atoms with Crippen LogP contribution >= 0.6 is 11.3 Å². The Labute approximate surface area is 119 Å². The summed E-state index contributed by atoms with van der Waals surface area (Å²) in [5.41, 5.74) is 6.91. The minimum absolute atomic E-state index is 0.150. The second-order valence-corrected chi connectivity index (χ2v) is 7.81. The van der Waals surface area contributed by atoms with Crippen molar-refractivity contribution < 1.29 is 4.79 Å². The summed E-state index contributed by atoms with van der Waals surface area (Å²) in [7, 11) is 0. The molecule has 0 aromatic carbocycles. The van der Waals surface area contributed by atoms with Crippen molar-refractivity contribution in [3.8, 4) is 0 Å². The monoisotopic (exact) mass is 280 g/mol. The summed E-state index contributed by atoms with van der Waals surface area (Å²) < 4.78 is 0. The molecule has 0 unspecified atom stereocenters. The van der Waals surface area contributed by atoms with Crippen LogP contribution in [-0.4, -0.2) is 23.9 Å². The van der Waals surface area contributed by atoms with Gasteiger partial charge in [0.2, 0.25) is 0 Å². The van der Waals surface area contributed by atoms with E-state index >= 15 is 0 Å². The number of nitrogens with two attached hydrogens (primary N) is 1. The molecule has 1 aromatic heterocycles. The van der Waals surface area contributed by atoms with Gasteiger partial charge < -0.3 is 10.6 Å². The van der Waals surface area contributed by atoms with Gasteiger partial charge in [0.05, 0.1) is 4.88 Å². The van der Waals surface area contributed by atoms with Crippen molar-refractivity contribution in [3.63, 3.8) is 0 Å². The van der Waals surface area contributed by atoms with Crippen molar-refractivity contribution in [1.29, 1.82) is 0 Å². The Bertz CT molecular complexity index is 445. The van der Waals surface area contributed by atoms with Crippen molar-refractivity contribution in [2.75, 3.05) is 18.8 Å². The molecule has 1 aromatic rings. The summed E-state index contributed by atoms with van der Waals surface area (Å²) in [6.45, 7) is 10.6. The third-order valence-electron chi connectivity index (χ3n) is 4.17. The Morgan fingerprint density at radius 1 is 1.37 bits per heavy atom. The molecule has 106 valence electrons. The first kappa shape index (κ1) is 14.4. The van der Waals surface area contributed by atoms with Crippen molar-refractivity contribution in [3.05, 3.63) is 15.8 Å². The summed E-state index contributed by atoms with van der Waals surface area (Å²) in [5, 5.41) is 0. The molecule has 1 amide bonds. The summed E-state index contributed by atoms with van der Waals surface area (Å²) in [5.74, 6) is 0.865. The number of nitrogens with zero attached hydrogens (tertiary/aromatic N) is 1. The van der Waals surface area contributed by atoms with Gasteiger partial charge >= 0.3 is 0 Å². The predicted molar refractivity (Wildman–Crippen MR) is 81.6 cm³/mol.